The van der Waals surface area contributed by atoms with E-state index in [9.17, 15) is 9.59 Å². The fourth-order valence-corrected chi connectivity index (χ4v) is 2.33. The van der Waals surface area contributed by atoms with Gasteiger partial charge < -0.3 is 16.4 Å². The summed E-state index contributed by atoms with van der Waals surface area (Å²) in [6.45, 7) is 1.80. The van der Waals surface area contributed by atoms with Crippen LogP contribution in [0.15, 0.2) is 42.5 Å². The van der Waals surface area contributed by atoms with Gasteiger partial charge in [0.25, 0.3) is 0 Å². The third-order valence-electron chi connectivity index (χ3n) is 3.50. The molecule has 0 unspecified atom stereocenters. The molecule has 2 rings (SSSR count). The molecule has 0 aliphatic heterocycles. The molecule has 0 aliphatic rings. The molecule has 0 spiro atoms. The fraction of sp³-hybridized carbons (Fsp3) is 0.294. The largest absolute Gasteiger partial charge is 0.344 e. The van der Waals surface area contributed by atoms with E-state index in [1.165, 1.54) is 0 Å². The number of nitrogens with one attached hydrogen (secondary N) is 2. The van der Waals surface area contributed by atoms with Gasteiger partial charge in [-0.2, -0.15) is 0 Å². The summed E-state index contributed by atoms with van der Waals surface area (Å²) in [4.78, 5) is 23.7. The number of benzene rings is 2. The Kier molecular flexibility index (Phi) is 5.49. The van der Waals surface area contributed by atoms with E-state index in [-0.39, 0.29) is 18.5 Å². The van der Waals surface area contributed by atoms with Gasteiger partial charge in [0.2, 0.25) is 11.8 Å². The van der Waals surface area contributed by atoms with Gasteiger partial charge in [0, 0.05) is 12.8 Å². The van der Waals surface area contributed by atoms with Crippen LogP contribution >= 0.6 is 0 Å². The first-order valence-corrected chi connectivity index (χ1v) is 7.39. The number of hydrogen-bond donors (Lipinski definition) is 3. The fourth-order valence-electron chi connectivity index (χ4n) is 2.33. The van der Waals surface area contributed by atoms with Crippen LogP contribution in [0.3, 0.4) is 0 Å². The summed E-state index contributed by atoms with van der Waals surface area (Å²) in [5.41, 5.74) is 6.35. The van der Waals surface area contributed by atoms with Crippen molar-refractivity contribution >= 4 is 22.6 Å². The Morgan fingerprint density at radius 3 is 2.55 bits per heavy atom. The lowest BCUT2D eigenvalue weighted by Crippen LogP contribution is -2.49. The standard InChI is InChI=1S/C17H21N3O2/c1-2-16(21)20-15(17(22)19-11-18)10-12-7-8-13-5-3-4-6-14(13)9-12/h3-9,15H,2,10-11,18H2,1H3,(H,19,22)(H,20,21)/t15-/m1/s1. The zero-order valence-corrected chi connectivity index (χ0v) is 12.6. The summed E-state index contributed by atoms with van der Waals surface area (Å²) >= 11 is 0. The van der Waals surface area contributed by atoms with Crippen molar-refractivity contribution in [3.63, 3.8) is 0 Å². The van der Waals surface area contributed by atoms with Crippen LogP contribution in [0.5, 0.6) is 0 Å². The molecule has 0 bridgehead atoms. The Hall–Kier alpha value is -2.40. The highest BCUT2D eigenvalue weighted by molar-refractivity contribution is 5.88. The minimum Gasteiger partial charge on any atom is -0.344 e. The Balaban J connectivity index is 2.19. The molecule has 0 heterocycles. The second-order valence-corrected chi connectivity index (χ2v) is 5.10. The molecule has 116 valence electrons. The molecular formula is C17H21N3O2. The summed E-state index contributed by atoms with van der Waals surface area (Å²) in [6, 6.07) is 13.4. The normalized spacial score (nSPS) is 11.9. The Morgan fingerprint density at radius 2 is 1.86 bits per heavy atom. The first-order chi connectivity index (χ1) is 10.6. The van der Waals surface area contributed by atoms with Crippen molar-refractivity contribution in [1.29, 1.82) is 0 Å². The van der Waals surface area contributed by atoms with Gasteiger partial charge in [-0.1, -0.05) is 49.4 Å². The maximum Gasteiger partial charge on any atom is 0.243 e. The van der Waals surface area contributed by atoms with Crippen LogP contribution < -0.4 is 16.4 Å². The van der Waals surface area contributed by atoms with Crippen molar-refractivity contribution in [1.82, 2.24) is 10.6 Å². The topological polar surface area (TPSA) is 84.2 Å². The molecule has 5 nitrogen and oxygen atoms in total. The summed E-state index contributed by atoms with van der Waals surface area (Å²) in [6.07, 6.45) is 0.770. The number of amides is 2. The van der Waals surface area contributed by atoms with Crippen LogP contribution in [0.25, 0.3) is 10.8 Å². The van der Waals surface area contributed by atoms with Gasteiger partial charge in [0.15, 0.2) is 0 Å². The second-order valence-electron chi connectivity index (χ2n) is 5.10. The van der Waals surface area contributed by atoms with Gasteiger partial charge in [-0.05, 0) is 16.3 Å². The molecule has 0 fully saturated rings. The summed E-state index contributed by atoms with van der Waals surface area (Å²) in [5, 5.41) is 7.55. The van der Waals surface area contributed by atoms with Gasteiger partial charge in [-0.15, -0.1) is 0 Å². The summed E-state index contributed by atoms with van der Waals surface area (Å²) < 4.78 is 0. The minimum absolute atomic E-state index is 0.0506. The van der Waals surface area contributed by atoms with Crippen LogP contribution in [0, 0.1) is 0 Å². The third-order valence-corrected chi connectivity index (χ3v) is 3.50. The highest BCUT2D eigenvalue weighted by atomic mass is 16.2. The van der Waals surface area contributed by atoms with Crippen molar-refractivity contribution in [2.75, 3.05) is 6.67 Å². The van der Waals surface area contributed by atoms with Gasteiger partial charge in [-0.3, -0.25) is 9.59 Å². The average molecular weight is 299 g/mol. The molecule has 1 atom stereocenters. The van der Waals surface area contributed by atoms with Crippen molar-refractivity contribution < 1.29 is 9.59 Å². The molecule has 0 aromatic heterocycles. The first-order valence-electron chi connectivity index (χ1n) is 7.39. The lowest BCUT2D eigenvalue weighted by molar-refractivity contribution is -0.128. The predicted octanol–water partition coefficient (Wildman–Crippen LogP) is 1.31. The van der Waals surface area contributed by atoms with E-state index in [4.69, 9.17) is 5.73 Å². The van der Waals surface area contributed by atoms with Crippen LogP contribution in [-0.4, -0.2) is 24.5 Å². The SMILES string of the molecule is CCC(=O)N[C@H](Cc1ccc2ccccc2c1)C(=O)NCN. The van der Waals surface area contributed by atoms with Crippen molar-refractivity contribution in [2.45, 2.75) is 25.8 Å². The molecule has 4 N–H and O–H groups in total. The zero-order valence-electron chi connectivity index (χ0n) is 12.6. The van der Waals surface area contributed by atoms with Crippen LogP contribution in [0.4, 0.5) is 0 Å². The number of hydrogen-bond acceptors (Lipinski definition) is 3. The third kappa shape index (κ3) is 4.05. The highest BCUT2D eigenvalue weighted by Crippen LogP contribution is 2.16. The molecular weight excluding hydrogens is 278 g/mol. The zero-order chi connectivity index (χ0) is 15.9. The first kappa shape index (κ1) is 16.0. The number of rotatable bonds is 6. The van der Waals surface area contributed by atoms with E-state index >= 15 is 0 Å². The quantitative estimate of drug-likeness (QED) is 0.703. The van der Waals surface area contributed by atoms with E-state index in [2.05, 4.69) is 10.6 Å². The summed E-state index contributed by atoms with van der Waals surface area (Å²) in [5.74, 6) is -0.421. The maximum absolute atomic E-state index is 12.1. The molecule has 2 amide bonds. The van der Waals surface area contributed by atoms with E-state index in [0.717, 1.165) is 16.3 Å². The van der Waals surface area contributed by atoms with E-state index < -0.39 is 6.04 Å². The Morgan fingerprint density at radius 1 is 1.14 bits per heavy atom. The molecule has 2 aromatic carbocycles. The molecule has 0 saturated carbocycles. The van der Waals surface area contributed by atoms with Crippen LogP contribution in [-0.2, 0) is 16.0 Å². The lowest BCUT2D eigenvalue weighted by atomic mass is 10.0. The molecule has 2 aromatic rings. The molecule has 0 radical (unpaired) electrons. The summed E-state index contributed by atoms with van der Waals surface area (Å²) in [7, 11) is 0. The van der Waals surface area contributed by atoms with Gasteiger partial charge >= 0.3 is 0 Å². The molecule has 0 aliphatic carbocycles. The van der Waals surface area contributed by atoms with Crippen molar-refractivity contribution in [3.05, 3.63) is 48.0 Å². The smallest absolute Gasteiger partial charge is 0.243 e. The molecule has 0 saturated heterocycles. The Bertz CT molecular complexity index is 670. The monoisotopic (exact) mass is 299 g/mol. The molecule has 5 heteroatoms. The number of carbonyl (C=O) groups is 2. The highest BCUT2D eigenvalue weighted by Gasteiger charge is 2.20. The number of carbonyl (C=O) groups excluding carboxylic acids is 2. The van der Waals surface area contributed by atoms with Gasteiger partial charge in [0.1, 0.15) is 6.04 Å². The number of nitrogens with two attached hydrogens (primary N) is 1. The minimum atomic E-state index is -0.614. The maximum atomic E-state index is 12.1. The second kappa shape index (κ2) is 7.56. The lowest BCUT2D eigenvalue weighted by Gasteiger charge is -2.18. The van der Waals surface area contributed by atoms with Gasteiger partial charge in [-0.25, -0.2) is 0 Å². The van der Waals surface area contributed by atoms with Crippen molar-refractivity contribution in [3.8, 4) is 0 Å². The van der Waals surface area contributed by atoms with E-state index in [1.54, 1.807) is 6.92 Å². The van der Waals surface area contributed by atoms with Crippen LogP contribution in [0.2, 0.25) is 0 Å². The Labute approximate surface area is 129 Å². The molecule has 22 heavy (non-hydrogen) atoms. The predicted molar refractivity (Wildman–Crippen MR) is 87.1 cm³/mol. The number of fused-ring (bicyclic) bond motifs is 1. The van der Waals surface area contributed by atoms with Gasteiger partial charge in [0.05, 0.1) is 6.67 Å². The van der Waals surface area contributed by atoms with E-state index in [0.29, 0.717) is 12.8 Å². The average Bonchev–Trinajstić information content (AvgIpc) is 2.54. The van der Waals surface area contributed by atoms with Crippen LogP contribution in [0.1, 0.15) is 18.9 Å². The van der Waals surface area contributed by atoms with Crippen molar-refractivity contribution in [2.24, 2.45) is 5.73 Å². The van der Waals surface area contributed by atoms with E-state index in [1.807, 2.05) is 42.5 Å².